The summed E-state index contributed by atoms with van der Waals surface area (Å²) in [6.07, 6.45) is 5.21. The summed E-state index contributed by atoms with van der Waals surface area (Å²) in [5.41, 5.74) is 2.49. The number of phenolic OH excluding ortho intramolecular Hbond substituents is 1. The van der Waals surface area contributed by atoms with E-state index in [4.69, 9.17) is 0 Å². The Bertz CT molecular complexity index is 538. The number of hydrogen-bond acceptors (Lipinski definition) is 1. The van der Waals surface area contributed by atoms with Crippen molar-refractivity contribution in [3.05, 3.63) is 47.5 Å². The number of fused-ring (bicyclic) bond motifs is 3. The Morgan fingerprint density at radius 3 is 2.71 bits per heavy atom. The second-order valence-corrected chi connectivity index (χ2v) is 3.62. The van der Waals surface area contributed by atoms with Crippen LogP contribution in [0.2, 0.25) is 0 Å². The maximum atomic E-state index is 9.81. The van der Waals surface area contributed by atoms with Gasteiger partial charge in [0.15, 0.2) is 0 Å². The molecule has 0 radical (unpaired) electrons. The lowest BCUT2D eigenvalue weighted by Crippen LogP contribution is -1.84. The van der Waals surface area contributed by atoms with Crippen molar-refractivity contribution in [2.75, 3.05) is 0 Å². The molecule has 0 aromatic heterocycles. The smallest absolute Gasteiger partial charge is 0.123 e. The van der Waals surface area contributed by atoms with Gasteiger partial charge in [-0.25, -0.2) is 0 Å². The minimum atomic E-state index is 0.392. The third kappa shape index (κ3) is 0.896. The number of aromatic hydroxyl groups is 1. The van der Waals surface area contributed by atoms with Gasteiger partial charge in [-0.3, -0.25) is 0 Å². The molecular formula is C13H10O. The molecule has 1 aliphatic carbocycles. The molecular weight excluding hydrogens is 172 g/mol. The molecule has 1 heteroatoms. The lowest BCUT2D eigenvalue weighted by atomic mass is 10.0. The molecule has 1 aliphatic rings. The van der Waals surface area contributed by atoms with Crippen molar-refractivity contribution >= 4 is 16.8 Å². The highest BCUT2D eigenvalue weighted by Gasteiger charge is 2.11. The first-order valence-electron chi connectivity index (χ1n) is 4.76. The second kappa shape index (κ2) is 2.61. The molecule has 3 rings (SSSR count). The zero-order chi connectivity index (χ0) is 9.54. The molecule has 0 fully saturated rings. The topological polar surface area (TPSA) is 20.2 Å². The van der Waals surface area contributed by atoms with Gasteiger partial charge in [-0.05, 0) is 29.0 Å². The fourth-order valence-electron chi connectivity index (χ4n) is 2.10. The highest BCUT2D eigenvalue weighted by Crippen LogP contribution is 2.34. The van der Waals surface area contributed by atoms with Gasteiger partial charge in [-0.1, -0.05) is 36.4 Å². The predicted octanol–water partition coefficient (Wildman–Crippen LogP) is 3.11. The first-order chi connectivity index (χ1) is 6.86. The van der Waals surface area contributed by atoms with Crippen molar-refractivity contribution in [3.8, 4) is 5.75 Å². The van der Waals surface area contributed by atoms with E-state index in [0.717, 1.165) is 17.2 Å². The van der Waals surface area contributed by atoms with Crippen LogP contribution < -0.4 is 0 Å². The molecule has 0 amide bonds. The van der Waals surface area contributed by atoms with Gasteiger partial charge in [0, 0.05) is 5.39 Å². The van der Waals surface area contributed by atoms with E-state index in [0.29, 0.717) is 5.75 Å². The highest BCUT2D eigenvalue weighted by molar-refractivity contribution is 5.97. The van der Waals surface area contributed by atoms with E-state index in [9.17, 15) is 5.11 Å². The van der Waals surface area contributed by atoms with E-state index in [1.54, 1.807) is 0 Å². The van der Waals surface area contributed by atoms with Crippen molar-refractivity contribution in [1.82, 2.24) is 0 Å². The molecule has 1 nitrogen and oxygen atoms in total. The number of phenols is 1. The summed E-state index contributed by atoms with van der Waals surface area (Å²) >= 11 is 0. The zero-order valence-corrected chi connectivity index (χ0v) is 7.70. The minimum absolute atomic E-state index is 0.392. The summed E-state index contributed by atoms with van der Waals surface area (Å²) in [6.45, 7) is 0. The van der Waals surface area contributed by atoms with E-state index in [2.05, 4.69) is 18.2 Å². The lowest BCUT2D eigenvalue weighted by molar-refractivity contribution is 0.481. The third-order valence-electron chi connectivity index (χ3n) is 2.77. The van der Waals surface area contributed by atoms with Crippen LogP contribution in [-0.2, 0) is 6.42 Å². The van der Waals surface area contributed by atoms with Gasteiger partial charge in [0.25, 0.3) is 0 Å². The van der Waals surface area contributed by atoms with E-state index >= 15 is 0 Å². The van der Waals surface area contributed by atoms with Gasteiger partial charge in [0.1, 0.15) is 5.75 Å². The van der Waals surface area contributed by atoms with Crippen LogP contribution >= 0.6 is 0 Å². The molecule has 0 saturated heterocycles. The van der Waals surface area contributed by atoms with Gasteiger partial charge in [-0.15, -0.1) is 0 Å². The Morgan fingerprint density at radius 1 is 1.07 bits per heavy atom. The van der Waals surface area contributed by atoms with Gasteiger partial charge >= 0.3 is 0 Å². The van der Waals surface area contributed by atoms with Crippen LogP contribution in [0, 0.1) is 0 Å². The quantitative estimate of drug-likeness (QED) is 0.663. The standard InChI is InChI=1S/C13H10O/c14-13-8-9-4-3-7-10(9)11-5-1-2-6-12(11)13/h1-3,5-8,14H,4H2. The van der Waals surface area contributed by atoms with Crippen LogP contribution in [0.15, 0.2) is 36.4 Å². The molecule has 0 heterocycles. The van der Waals surface area contributed by atoms with Crippen LogP contribution in [0.5, 0.6) is 5.75 Å². The molecule has 14 heavy (non-hydrogen) atoms. The van der Waals surface area contributed by atoms with Crippen LogP contribution in [0.25, 0.3) is 16.8 Å². The first-order valence-corrected chi connectivity index (χ1v) is 4.76. The molecule has 1 N–H and O–H groups in total. The summed E-state index contributed by atoms with van der Waals surface area (Å²) in [7, 11) is 0. The summed E-state index contributed by atoms with van der Waals surface area (Å²) < 4.78 is 0. The molecule has 0 bridgehead atoms. The third-order valence-corrected chi connectivity index (χ3v) is 2.77. The maximum absolute atomic E-state index is 9.81. The molecule has 0 saturated carbocycles. The van der Waals surface area contributed by atoms with Gasteiger partial charge in [-0.2, -0.15) is 0 Å². The highest BCUT2D eigenvalue weighted by atomic mass is 16.3. The van der Waals surface area contributed by atoms with E-state index in [-0.39, 0.29) is 0 Å². The maximum Gasteiger partial charge on any atom is 0.123 e. The largest absolute Gasteiger partial charge is 0.507 e. The molecule has 2 aromatic carbocycles. The number of allylic oxidation sites excluding steroid dienone is 1. The number of rotatable bonds is 0. The van der Waals surface area contributed by atoms with Crippen molar-refractivity contribution in [1.29, 1.82) is 0 Å². The first kappa shape index (κ1) is 7.63. The van der Waals surface area contributed by atoms with Gasteiger partial charge in [0.2, 0.25) is 0 Å². The summed E-state index contributed by atoms with van der Waals surface area (Å²) in [4.78, 5) is 0. The molecule has 2 aromatic rings. The van der Waals surface area contributed by atoms with Crippen LogP contribution in [0.1, 0.15) is 11.1 Å². The Hall–Kier alpha value is -1.76. The van der Waals surface area contributed by atoms with Crippen molar-refractivity contribution in [3.63, 3.8) is 0 Å². The van der Waals surface area contributed by atoms with E-state index < -0.39 is 0 Å². The monoisotopic (exact) mass is 182 g/mol. The average Bonchev–Trinajstić information content (AvgIpc) is 2.66. The fourth-order valence-corrected chi connectivity index (χ4v) is 2.10. The molecule has 0 atom stereocenters. The number of benzene rings is 2. The predicted molar refractivity (Wildman–Crippen MR) is 58.4 cm³/mol. The summed E-state index contributed by atoms with van der Waals surface area (Å²) in [6, 6.07) is 9.85. The number of hydrogen-bond donors (Lipinski definition) is 1. The van der Waals surface area contributed by atoms with Crippen LogP contribution in [0.4, 0.5) is 0 Å². The Labute approximate surface area is 82.3 Å². The van der Waals surface area contributed by atoms with Gasteiger partial charge in [0.05, 0.1) is 0 Å². The minimum Gasteiger partial charge on any atom is -0.507 e. The lowest BCUT2D eigenvalue weighted by Gasteiger charge is -2.06. The molecule has 0 aliphatic heterocycles. The SMILES string of the molecule is Oc1cc2c(c3ccccc13)C=CC2. The molecule has 68 valence electrons. The Kier molecular flexibility index (Phi) is 1.42. The Morgan fingerprint density at radius 2 is 1.86 bits per heavy atom. The summed E-state index contributed by atoms with van der Waals surface area (Å²) in [5.74, 6) is 0.392. The zero-order valence-electron chi connectivity index (χ0n) is 7.70. The van der Waals surface area contributed by atoms with Crippen LogP contribution in [0.3, 0.4) is 0 Å². The summed E-state index contributed by atoms with van der Waals surface area (Å²) in [5, 5.41) is 11.9. The van der Waals surface area contributed by atoms with Crippen LogP contribution in [-0.4, -0.2) is 5.11 Å². The average molecular weight is 182 g/mol. The van der Waals surface area contributed by atoms with E-state index in [1.807, 2.05) is 24.3 Å². The molecule has 0 unspecified atom stereocenters. The fraction of sp³-hybridized carbons (Fsp3) is 0.0769. The van der Waals surface area contributed by atoms with Crippen molar-refractivity contribution in [2.45, 2.75) is 6.42 Å². The van der Waals surface area contributed by atoms with Gasteiger partial charge < -0.3 is 5.11 Å². The normalized spacial score (nSPS) is 13.4. The van der Waals surface area contributed by atoms with Crippen molar-refractivity contribution < 1.29 is 5.11 Å². The Balaban J connectivity index is 2.52. The molecule has 0 spiro atoms. The second-order valence-electron chi connectivity index (χ2n) is 3.62. The van der Waals surface area contributed by atoms with Crippen molar-refractivity contribution in [2.24, 2.45) is 0 Å². The van der Waals surface area contributed by atoms with E-state index in [1.165, 1.54) is 11.1 Å².